The molecule has 1 aromatic rings. The zero-order chi connectivity index (χ0) is 14.3. The van der Waals surface area contributed by atoms with E-state index < -0.39 is 0 Å². The van der Waals surface area contributed by atoms with Crippen LogP contribution in [0.3, 0.4) is 0 Å². The minimum absolute atomic E-state index is 0.406. The lowest BCUT2D eigenvalue weighted by Gasteiger charge is -2.20. The highest BCUT2D eigenvalue weighted by Gasteiger charge is 2.02. The van der Waals surface area contributed by atoms with E-state index in [0.717, 1.165) is 30.9 Å². The maximum absolute atomic E-state index is 5.59. The van der Waals surface area contributed by atoms with E-state index in [2.05, 4.69) is 36.1 Å². The van der Waals surface area contributed by atoms with Gasteiger partial charge in [-0.05, 0) is 52.4 Å². The number of nitrogens with one attached hydrogen (secondary N) is 1. The van der Waals surface area contributed by atoms with Crippen LogP contribution < -0.4 is 11.1 Å². The Morgan fingerprint density at radius 3 is 2.84 bits per heavy atom. The summed E-state index contributed by atoms with van der Waals surface area (Å²) in [6.45, 7) is 6.46. The lowest BCUT2D eigenvalue weighted by atomic mass is 10.2. The molecule has 0 aromatic carbocycles. The Labute approximate surface area is 121 Å². The number of nitrogens with zero attached hydrogens (tertiary/aromatic N) is 2. The van der Waals surface area contributed by atoms with Gasteiger partial charge in [0.1, 0.15) is 10.8 Å². The van der Waals surface area contributed by atoms with Crippen molar-refractivity contribution < 1.29 is 0 Å². The topological polar surface area (TPSA) is 54.2 Å². The van der Waals surface area contributed by atoms with Crippen LogP contribution in [0.2, 0.25) is 0 Å². The van der Waals surface area contributed by atoms with Crippen molar-refractivity contribution in [1.82, 2.24) is 9.88 Å². The second kappa shape index (κ2) is 8.07. The van der Waals surface area contributed by atoms with Gasteiger partial charge in [0.15, 0.2) is 0 Å². The van der Waals surface area contributed by atoms with Crippen molar-refractivity contribution in [2.24, 2.45) is 5.73 Å². The van der Waals surface area contributed by atoms with Crippen molar-refractivity contribution in [3.8, 4) is 0 Å². The van der Waals surface area contributed by atoms with E-state index in [4.69, 9.17) is 18.0 Å². The first kappa shape index (κ1) is 15.9. The minimum Gasteiger partial charge on any atom is -0.389 e. The molecule has 0 atom stereocenters. The Morgan fingerprint density at radius 1 is 1.47 bits per heavy atom. The van der Waals surface area contributed by atoms with Crippen LogP contribution in [0.25, 0.3) is 0 Å². The second-order valence-electron chi connectivity index (χ2n) is 5.00. The fraction of sp³-hybridized carbons (Fsp3) is 0.571. The van der Waals surface area contributed by atoms with Crippen molar-refractivity contribution >= 4 is 23.0 Å². The summed E-state index contributed by atoms with van der Waals surface area (Å²) < 4.78 is 0. The average Bonchev–Trinajstić information content (AvgIpc) is 2.38. The number of aromatic nitrogens is 1. The van der Waals surface area contributed by atoms with Crippen LogP contribution >= 0.6 is 12.2 Å². The van der Waals surface area contributed by atoms with Crippen molar-refractivity contribution in [2.75, 3.05) is 25.5 Å². The molecule has 0 unspecified atom stereocenters. The first-order valence-corrected chi connectivity index (χ1v) is 7.11. The molecule has 0 bridgehead atoms. The van der Waals surface area contributed by atoms with Gasteiger partial charge in [0.2, 0.25) is 0 Å². The monoisotopic (exact) mass is 280 g/mol. The van der Waals surface area contributed by atoms with Gasteiger partial charge in [0.25, 0.3) is 0 Å². The molecule has 5 heteroatoms. The molecule has 3 N–H and O–H groups in total. The number of rotatable bonds is 8. The summed E-state index contributed by atoms with van der Waals surface area (Å²) in [6, 6.07) is 4.32. The summed E-state index contributed by atoms with van der Waals surface area (Å²) in [6.07, 6.45) is 4.02. The minimum atomic E-state index is 0.406. The molecule has 1 heterocycles. The van der Waals surface area contributed by atoms with Gasteiger partial charge >= 0.3 is 0 Å². The Balaban J connectivity index is 2.26. The second-order valence-corrected chi connectivity index (χ2v) is 5.44. The van der Waals surface area contributed by atoms with E-state index in [9.17, 15) is 0 Å². The molecule has 1 aromatic heterocycles. The van der Waals surface area contributed by atoms with Gasteiger partial charge in [-0.3, -0.25) is 0 Å². The predicted octanol–water partition coefficient (Wildman–Crippen LogP) is 2.25. The standard InChI is InChI=1S/C14H24N4S/c1-11(2)18(3)9-5-4-7-16-13-10-12(14(15)19)6-8-17-13/h6,8,10-11H,4-5,7,9H2,1-3H3,(H2,15,19)(H,16,17). The lowest BCUT2D eigenvalue weighted by molar-refractivity contribution is 0.269. The predicted molar refractivity (Wildman–Crippen MR) is 85.6 cm³/mol. The average molecular weight is 280 g/mol. The maximum atomic E-state index is 5.59. The SMILES string of the molecule is CC(C)N(C)CCCCNc1cc(C(N)=S)ccn1. The Kier molecular flexibility index (Phi) is 6.73. The van der Waals surface area contributed by atoms with Gasteiger partial charge in [0.05, 0.1) is 0 Å². The number of anilines is 1. The van der Waals surface area contributed by atoms with Crippen molar-refractivity contribution in [2.45, 2.75) is 32.7 Å². The number of unbranched alkanes of at least 4 members (excludes halogenated alkanes) is 1. The molecular formula is C14H24N4S. The van der Waals surface area contributed by atoms with Crippen LogP contribution in [0.4, 0.5) is 5.82 Å². The van der Waals surface area contributed by atoms with Gasteiger partial charge in [-0.1, -0.05) is 12.2 Å². The van der Waals surface area contributed by atoms with E-state index in [1.54, 1.807) is 6.20 Å². The third-order valence-electron chi connectivity index (χ3n) is 3.17. The summed E-state index contributed by atoms with van der Waals surface area (Å²) in [7, 11) is 2.16. The molecule has 1 rings (SSSR count). The largest absolute Gasteiger partial charge is 0.389 e. The smallest absolute Gasteiger partial charge is 0.126 e. The molecule has 0 aliphatic heterocycles. The van der Waals surface area contributed by atoms with Crippen LogP contribution in [0.15, 0.2) is 18.3 Å². The zero-order valence-electron chi connectivity index (χ0n) is 12.0. The summed E-state index contributed by atoms with van der Waals surface area (Å²) in [5, 5.41) is 3.30. The van der Waals surface area contributed by atoms with Crippen LogP contribution in [-0.2, 0) is 0 Å². The van der Waals surface area contributed by atoms with Gasteiger partial charge in [-0.15, -0.1) is 0 Å². The molecule has 4 nitrogen and oxygen atoms in total. The lowest BCUT2D eigenvalue weighted by Crippen LogP contribution is -2.27. The molecule has 0 aliphatic rings. The summed E-state index contributed by atoms with van der Waals surface area (Å²) in [5.41, 5.74) is 6.44. The third kappa shape index (κ3) is 5.98. The van der Waals surface area contributed by atoms with Gasteiger partial charge in [-0.2, -0.15) is 0 Å². The van der Waals surface area contributed by atoms with Crippen LogP contribution in [-0.4, -0.2) is 41.1 Å². The highest BCUT2D eigenvalue weighted by Crippen LogP contribution is 2.07. The summed E-state index contributed by atoms with van der Waals surface area (Å²) in [5.74, 6) is 0.836. The van der Waals surface area contributed by atoms with Crippen molar-refractivity contribution in [1.29, 1.82) is 0 Å². The molecule has 0 radical (unpaired) electrons. The van der Waals surface area contributed by atoms with E-state index in [-0.39, 0.29) is 0 Å². The first-order valence-electron chi connectivity index (χ1n) is 6.70. The number of pyridine rings is 1. The molecule has 0 saturated heterocycles. The van der Waals surface area contributed by atoms with E-state index in [1.807, 2.05) is 12.1 Å². The number of thiocarbonyl (C=S) groups is 1. The van der Waals surface area contributed by atoms with Crippen LogP contribution in [0.5, 0.6) is 0 Å². The molecule has 106 valence electrons. The fourth-order valence-electron chi connectivity index (χ4n) is 1.64. The third-order valence-corrected chi connectivity index (χ3v) is 3.41. The van der Waals surface area contributed by atoms with Crippen LogP contribution in [0.1, 0.15) is 32.3 Å². The Hall–Kier alpha value is -1.20. The van der Waals surface area contributed by atoms with E-state index >= 15 is 0 Å². The van der Waals surface area contributed by atoms with Gasteiger partial charge in [-0.25, -0.2) is 4.98 Å². The molecule has 0 saturated carbocycles. The fourth-order valence-corrected chi connectivity index (χ4v) is 1.77. The van der Waals surface area contributed by atoms with E-state index in [1.165, 1.54) is 6.42 Å². The highest BCUT2D eigenvalue weighted by atomic mass is 32.1. The molecule has 0 fully saturated rings. The highest BCUT2D eigenvalue weighted by molar-refractivity contribution is 7.80. The molecule has 0 aliphatic carbocycles. The van der Waals surface area contributed by atoms with Crippen LogP contribution in [0, 0.1) is 0 Å². The molecular weight excluding hydrogens is 256 g/mol. The molecule has 0 spiro atoms. The summed E-state index contributed by atoms with van der Waals surface area (Å²) in [4.78, 5) is 7.01. The van der Waals surface area contributed by atoms with Crippen molar-refractivity contribution in [3.05, 3.63) is 23.9 Å². The number of hydrogen-bond acceptors (Lipinski definition) is 4. The van der Waals surface area contributed by atoms with Gasteiger partial charge in [0, 0.05) is 24.3 Å². The van der Waals surface area contributed by atoms with Crippen molar-refractivity contribution in [3.63, 3.8) is 0 Å². The molecule has 19 heavy (non-hydrogen) atoms. The zero-order valence-corrected chi connectivity index (χ0v) is 12.8. The summed E-state index contributed by atoms with van der Waals surface area (Å²) >= 11 is 4.95. The number of nitrogens with two attached hydrogens (primary N) is 1. The van der Waals surface area contributed by atoms with E-state index in [0.29, 0.717) is 11.0 Å². The van der Waals surface area contributed by atoms with Gasteiger partial charge < -0.3 is 16.0 Å². The quantitative estimate of drug-likeness (QED) is 0.565. The molecule has 0 amide bonds. The first-order chi connectivity index (χ1) is 9.00. The Bertz CT molecular complexity index is 406. The maximum Gasteiger partial charge on any atom is 0.126 e. The Morgan fingerprint density at radius 2 is 2.21 bits per heavy atom. The normalized spacial score (nSPS) is 11.0. The number of hydrogen-bond donors (Lipinski definition) is 2.